The summed E-state index contributed by atoms with van der Waals surface area (Å²) in [6.07, 6.45) is 2.05. The maximum atomic E-state index is 8.95. The first kappa shape index (κ1) is 9.69. The molecule has 1 unspecified atom stereocenters. The van der Waals surface area contributed by atoms with E-state index in [0.29, 0.717) is 5.92 Å². The fraction of sp³-hybridized carbons (Fsp3) is 1.00. The van der Waals surface area contributed by atoms with Gasteiger partial charge in [0, 0.05) is 0 Å². The molecule has 0 heterocycles. The summed E-state index contributed by atoms with van der Waals surface area (Å²) in [5, 5.41) is 8.95. The molecule has 0 aliphatic rings. The van der Waals surface area contributed by atoms with Crippen molar-refractivity contribution in [3.05, 3.63) is 0 Å². The van der Waals surface area contributed by atoms with Crippen LogP contribution < -0.4 is 0 Å². The maximum Gasteiger partial charge on any atom is 0.0514 e. The van der Waals surface area contributed by atoms with Crippen molar-refractivity contribution in [1.29, 1.82) is 0 Å². The van der Waals surface area contributed by atoms with Crippen LogP contribution in [0.3, 0.4) is 0 Å². The van der Waals surface area contributed by atoms with Crippen LogP contribution in [0.15, 0.2) is 0 Å². The zero-order valence-electron chi connectivity index (χ0n) is 6.10. The molecule has 0 fully saturated rings. The highest BCUT2D eigenvalue weighted by atomic mass is 127. The molecule has 0 spiro atoms. The SMILES string of the molecule is CC(O)C[C@H](C)CCI. The summed E-state index contributed by atoms with van der Waals surface area (Å²) in [7, 11) is 0. The molecular formula is C7H15IO. The lowest BCUT2D eigenvalue weighted by atomic mass is 10.0. The quantitative estimate of drug-likeness (QED) is 0.592. The number of hydrogen-bond acceptors (Lipinski definition) is 1. The normalized spacial score (nSPS) is 17.3. The Labute approximate surface area is 71.0 Å². The molecule has 2 heteroatoms. The lowest BCUT2D eigenvalue weighted by molar-refractivity contribution is 0.163. The summed E-state index contributed by atoms with van der Waals surface area (Å²) in [4.78, 5) is 0. The van der Waals surface area contributed by atoms with Crippen molar-refractivity contribution in [2.75, 3.05) is 4.43 Å². The fourth-order valence-electron chi connectivity index (χ4n) is 0.886. The summed E-state index contributed by atoms with van der Waals surface area (Å²) in [5.74, 6) is 0.682. The summed E-state index contributed by atoms with van der Waals surface area (Å²) in [6, 6.07) is 0. The summed E-state index contributed by atoms with van der Waals surface area (Å²) in [6.45, 7) is 4.04. The highest BCUT2D eigenvalue weighted by Crippen LogP contribution is 2.11. The molecule has 2 atom stereocenters. The number of hydrogen-bond donors (Lipinski definition) is 1. The molecule has 0 aliphatic heterocycles. The molecule has 0 saturated carbocycles. The molecule has 0 saturated heterocycles. The minimum atomic E-state index is -0.122. The van der Waals surface area contributed by atoms with E-state index in [1.165, 1.54) is 10.8 Å². The van der Waals surface area contributed by atoms with Gasteiger partial charge in [-0.05, 0) is 30.1 Å². The van der Waals surface area contributed by atoms with E-state index in [9.17, 15) is 0 Å². The Hall–Kier alpha value is 0.690. The molecule has 0 bridgehead atoms. The zero-order chi connectivity index (χ0) is 7.28. The van der Waals surface area contributed by atoms with Gasteiger partial charge in [-0.2, -0.15) is 0 Å². The van der Waals surface area contributed by atoms with E-state index in [-0.39, 0.29) is 6.10 Å². The highest BCUT2D eigenvalue weighted by molar-refractivity contribution is 14.1. The number of aliphatic hydroxyl groups excluding tert-OH is 1. The molecule has 0 aromatic rings. The van der Waals surface area contributed by atoms with E-state index in [1.54, 1.807) is 0 Å². The van der Waals surface area contributed by atoms with E-state index < -0.39 is 0 Å². The highest BCUT2D eigenvalue weighted by Gasteiger charge is 2.03. The van der Waals surface area contributed by atoms with Gasteiger partial charge in [0.15, 0.2) is 0 Å². The van der Waals surface area contributed by atoms with E-state index in [2.05, 4.69) is 29.5 Å². The van der Waals surface area contributed by atoms with Gasteiger partial charge in [0.05, 0.1) is 6.10 Å². The number of rotatable bonds is 4. The van der Waals surface area contributed by atoms with Crippen LogP contribution in [-0.4, -0.2) is 15.6 Å². The standard InChI is InChI=1S/C7H15IO/c1-6(3-4-8)5-7(2)9/h6-7,9H,3-5H2,1-2H3/t6-,7?/m1/s1. The monoisotopic (exact) mass is 242 g/mol. The number of aliphatic hydroxyl groups is 1. The van der Waals surface area contributed by atoms with Gasteiger partial charge in [-0.1, -0.05) is 29.5 Å². The minimum absolute atomic E-state index is 0.122. The smallest absolute Gasteiger partial charge is 0.0514 e. The summed E-state index contributed by atoms with van der Waals surface area (Å²) in [5.41, 5.74) is 0. The third-order valence-corrected chi connectivity index (χ3v) is 1.97. The number of alkyl halides is 1. The van der Waals surface area contributed by atoms with Crippen LogP contribution in [0.1, 0.15) is 26.7 Å². The molecule has 1 nitrogen and oxygen atoms in total. The van der Waals surface area contributed by atoms with E-state index in [1.807, 2.05) is 6.92 Å². The average molecular weight is 242 g/mol. The van der Waals surface area contributed by atoms with Gasteiger partial charge in [-0.3, -0.25) is 0 Å². The van der Waals surface area contributed by atoms with E-state index in [0.717, 1.165) is 6.42 Å². The molecule has 0 rings (SSSR count). The molecular weight excluding hydrogens is 227 g/mol. The van der Waals surface area contributed by atoms with Gasteiger partial charge in [0.2, 0.25) is 0 Å². The third kappa shape index (κ3) is 6.58. The molecule has 0 aromatic carbocycles. The first-order valence-electron chi connectivity index (χ1n) is 3.40. The third-order valence-electron chi connectivity index (χ3n) is 1.35. The lowest BCUT2D eigenvalue weighted by Crippen LogP contribution is -2.07. The van der Waals surface area contributed by atoms with Crippen molar-refractivity contribution in [3.8, 4) is 0 Å². The Bertz CT molecular complexity index is 63.9. The van der Waals surface area contributed by atoms with E-state index >= 15 is 0 Å². The Morgan fingerprint density at radius 3 is 2.33 bits per heavy atom. The molecule has 0 aliphatic carbocycles. The van der Waals surface area contributed by atoms with Gasteiger partial charge in [0.1, 0.15) is 0 Å². The van der Waals surface area contributed by atoms with Gasteiger partial charge in [-0.25, -0.2) is 0 Å². The van der Waals surface area contributed by atoms with Gasteiger partial charge >= 0.3 is 0 Å². The fourth-order valence-corrected chi connectivity index (χ4v) is 1.95. The summed E-state index contributed by atoms with van der Waals surface area (Å²) < 4.78 is 1.20. The van der Waals surface area contributed by atoms with Gasteiger partial charge in [0.25, 0.3) is 0 Å². The molecule has 0 amide bonds. The molecule has 0 radical (unpaired) electrons. The maximum absolute atomic E-state index is 8.95. The van der Waals surface area contributed by atoms with Crippen molar-refractivity contribution >= 4 is 22.6 Å². The molecule has 0 aromatic heterocycles. The molecule has 9 heavy (non-hydrogen) atoms. The van der Waals surface area contributed by atoms with Crippen molar-refractivity contribution in [1.82, 2.24) is 0 Å². The van der Waals surface area contributed by atoms with Crippen LogP contribution in [0.25, 0.3) is 0 Å². The topological polar surface area (TPSA) is 20.2 Å². The molecule has 1 N–H and O–H groups in total. The Morgan fingerprint density at radius 2 is 2.00 bits per heavy atom. The van der Waals surface area contributed by atoms with Gasteiger partial charge in [-0.15, -0.1) is 0 Å². The Balaban J connectivity index is 3.15. The Kier molecular flexibility index (Phi) is 5.89. The second-order valence-electron chi connectivity index (χ2n) is 2.67. The Morgan fingerprint density at radius 1 is 1.44 bits per heavy atom. The van der Waals surface area contributed by atoms with Crippen molar-refractivity contribution in [2.45, 2.75) is 32.8 Å². The van der Waals surface area contributed by atoms with Crippen LogP contribution in [0, 0.1) is 5.92 Å². The lowest BCUT2D eigenvalue weighted by Gasteiger charge is -2.10. The number of halogens is 1. The van der Waals surface area contributed by atoms with Crippen molar-refractivity contribution in [3.63, 3.8) is 0 Å². The van der Waals surface area contributed by atoms with Crippen LogP contribution in [0.5, 0.6) is 0 Å². The van der Waals surface area contributed by atoms with Crippen LogP contribution in [0.2, 0.25) is 0 Å². The minimum Gasteiger partial charge on any atom is -0.393 e. The summed E-state index contributed by atoms with van der Waals surface area (Å²) >= 11 is 2.37. The largest absolute Gasteiger partial charge is 0.393 e. The van der Waals surface area contributed by atoms with Crippen molar-refractivity contribution < 1.29 is 5.11 Å². The van der Waals surface area contributed by atoms with Crippen LogP contribution in [-0.2, 0) is 0 Å². The van der Waals surface area contributed by atoms with Crippen LogP contribution in [0.4, 0.5) is 0 Å². The predicted molar refractivity (Wildman–Crippen MR) is 49.0 cm³/mol. The average Bonchev–Trinajstić information content (AvgIpc) is 1.63. The second kappa shape index (κ2) is 5.47. The van der Waals surface area contributed by atoms with Crippen molar-refractivity contribution in [2.24, 2.45) is 5.92 Å². The first-order valence-corrected chi connectivity index (χ1v) is 4.93. The molecule has 56 valence electrons. The van der Waals surface area contributed by atoms with E-state index in [4.69, 9.17) is 5.11 Å². The van der Waals surface area contributed by atoms with Gasteiger partial charge < -0.3 is 5.11 Å². The zero-order valence-corrected chi connectivity index (χ0v) is 8.26. The predicted octanol–water partition coefficient (Wildman–Crippen LogP) is 2.22. The first-order chi connectivity index (χ1) is 4.16. The van der Waals surface area contributed by atoms with Crippen LogP contribution >= 0.6 is 22.6 Å². The second-order valence-corrected chi connectivity index (χ2v) is 3.75.